The summed E-state index contributed by atoms with van der Waals surface area (Å²) in [5, 5.41) is 5.13. The maximum atomic E-state index is 13.3. The van der Waals surface area contributed by atoms with E-state index < -0.39 is 32.6 Å². The van der Waals surface area contributed by atoms with Crippen LogP contribution < -0.4 is 5.32 Å². The molecule has 5 nitrogen and oxygen atoms in total. The van der Waals surface area contributed by atoms with E-state index in [9.17, 15) is 26.4 Å². The van der Waals surface area contributed by atoms with E-state index in [2.05, 4.69) is 5.32 Å². The number of carbonyl (C=O) groups excluding carboxylic acids is 1. The van der Waals surface area contributed by atoms with Crippen molar-refractivity contribution in [2.45, 2.75) is 36.9 Å². The van der Waals surface area contributed by atoms with Crippen molar-refractivity contribution in [1.29, 1.82) is 0 Å². The van der Waals surface area contributed by atoms with E-state index in [1.807, 2.05) is 49.4 Å². The Morgan fingerprint density at radius 2 is 1.59 bits per heavy atom. The Kier molecular flexibility index (Phi) is 6.69. The molecule has 1 heterocycles. The molecule has 0 aliphatic carbocycles. The molecule has 0 bridgehead atoms. The van der Waals surface area contributed by atoms with E-state index in [0.717, 1.165) is 38.8 Å². The van der Waals surface area contributed by atoms with Crippen molar-refractivity contribution < 1.29 is 26.4 Å². The zero-order valence-electron chi connectivity index (χ0n) is 18.5. The monoisotopic (exact) mass is 490 g/mol. The van der Waals surface area contributed by atoms with Crippen LogP contribution in [0.25, 0.3) is 10.8 Å². The minimum absolute atomic E-state index is 0.0186. The molecule has 1 saturated heterocycles. The van der Waals surface area contributed by atoms with Crippen molar-refractivity contribution in [2.75, 3.05) is 13.1 Å². The summed E-state index contributed by atoms with van der Waals surface area (Å²) in [5.41, 5.74) is -0.200. The normalized spacial score (nSPS) is 16.9. The molecule has 0 aromatic heterocycles. The topological polar surface area (TPSA) is 66.5 Å². The summed E-state index contributed by atoms with van der Waals surface area (Å²) >= 11 is 0. The number of rotatable bonds is 5. The van der Waals surface area contributed by atoms with Crippen molar-refractivity contribution in [1.82, 2.24) is 9.62 Å². The van der Waals surface area contributed by atoms with Gasteiger partial charge in [-0.15, -0.1) is 0 Å². The van der Waals surface area contributed by atoms with Gasteiger partial charge in [-0.05, 0) is 48.2 Å². The number of carbonyl (C=O) groups is 1. The molecular formula is C25H25F3N2O3S. The van der Waals surface area contributed by atoms with Gasteiger partial charge in [-0.1, -0.05) is 54.6 Å². The van der Waals surface area contributed by atoms with Crippen LogP contribution in [0.1, 0.15) is 36.9 Å². The molecule has 3 aromatic rings. The maximum absolute atomic E-state index is 13.3. The lowest BCUT2D eigenvalue weighted by molar-refractivity contribution is -0.139. The molecule has 1 N–H and O–H groups in total. The van der Waals surface area contributed by atoms with Crippen LogP contribution in [0.15, 0.2) is 71.6 Å². The lowest BCUT2D eigenvalue weighted by Crippen LogP contribution is -2.43. The van der Waals surface area contributed by atoms with Gasteiger partial charge in [0.1, 0.15) is 0 Å². The third-order valence-electron chi connectivity index (χ3n) is 6.28. The number of alkyl halides is 3. The summed E-state index contributed by atoms with van der Waals surface area (Å²) in [6.45, 7) is 1.86. The lowest BCUT2D eigenvalue weighted by atomic mass is 9.95. The van der Waals surface area contributed by atoms with E-state index in [1.165, 1.54) is 6.07 Å². The molecule has 1 fully saturated rings. The number of nitrogens with one attached hydrogen (secondary N) is 1. The highest BCUT2D eigenvalue weighted by molar-refractivity contribution is 7.89. The van der Waals surface area contributed by atoms with E-state index >= 15 is 0 Å². The van der Waals surface area contributed by atoms with Crippen LogP contribution in [0.5, 0.6) is 0 Å². The molecule has 3 aromatic carbocycles. The Hall–Kier alpha value is -2.91. The molecule has 1 atom stereocenters. The van der Waals surface area contributed by atoms with Crippen LogP contribution in [-0.2, 0) is 21.0 Å². The highest BCUT2D eigenvalue weighted by Crippen LogP contribution is 2.36. The molecule has 0 spiro atoms. The zero-order chi connectivity index (χ0) is 24.5. The molecule has 0 radical (unpaired) electrons. The summed E-state index contributed by atoms with van der Waals surface area (Å²) in [4.78, 5) is 12.1. The smallest absolute Gasteiger partial charge is 0.349 e. The van der Waals surface area contributed by atoms with Gasteiger partial charge in [0.15, 0.2) is 0 Å². The highest BCUT2D eigenvalue weighted by Gasteiger charge is 2.40. The molecule has 9 heteroatoms. The van der Waals surface area contributed by atoms with Gasteiger partial charge in [-0.2, -0.15) is 17.5 Å². The van der Waals surface area contributed by atoms with Crippen LogP contribution in [-0.4, -0.2) is 31.7 Å². The Bertz CT molecular complexity index is 1290. The molecule has 1 aliphatic rings. The second-order valence-electron chi connectivity index (χ2n) is 8.47. The fourth-order valence-electron chi connectivity index (χ4n) is 4.46. The number of hydrogen-bond donors (Lipinski definition) is 1. The van der Waals surface area contributed by atoms with Gasteiger partial charge in [0.25, 0.3) is 0 Å². The van der Waals surface area contributed by atoms with Gasteiger partial charge in [0.05, 0.1) is 16.5 Å². The van der Waals surface area contributed by atoms with Gasteiger partial charge < -0.3 is 5.32 Å². The molecule has 1 aliphatic heterocycles. The molecule has 1 unspecified atom stereocenters. The summed E-state index contributed by atoms with van der Waals surface area (Å²) in [5.74, 6) is -0.602. The van der Waals surface area contributed by atoms with Crippen molar-refractivity contribution >= 4 is 26.7 Å². The van der Waals surface area contributed by atoms with Crippen LogP contribution in [0.2, 0.25) is 0 Å². The van der Waals surface area contributed by atoms with Crippen LogP contribution >= 0.6 is 0 Å². The van der Waals surface area contributed by atoms with E-state index in [1.54, 1.807) is 0 Å². The number of halogens is 3. The number of sulfonamides is 1. The molecule has 1 amide bonds. The average Bonchev–Trinajstić information content (AvgIpc) is 2.83. The van der Waals surface area contributed by atoms with Crippen LogP contribution in [0, 0.1) is 5.92 Å². The Morgan fingerprint density at radius 1 is 0.971 bits per heavy atom. The molecule has 4 rings (SSSR count). The minimum atomic E-state index is -4.78. The Morgan fingerprint density at radius 3 is 2.29 bits per heavy atom. The molecule has 0 saturated carbocycles. The summed E-state index contributed by atoms with van der Waals surface area (Å²) < 4.78 is 66.9. The summed E-state index contributed by atoms with van der Waals surface area (Å²) in [6.07, 6.45) is -4.30. The number of nitrogens with zero attached hydrogens (tertiary/aromatic N) is 1. The number of benzene rings is 3. The van der Waals surface area contributed by atoms with E-state index in [4.69, 9.17) is 0 Å². The van der Waals surface area contributed by atoms with Gasteiger partial charge in [0.2, 0.25) is 15.9 Å². The maximum Gasteiger partial charge on any atom is 0.417 e. The first-order valence-corrected chi connectivity index (χ1v) is 12.5. The standard InChI is InChI=1S/C25H25F3N2O3S/c1-17(20-10-6-8-18-7-2-3-9-21(18)20)29-24(31)19-13-15-30(16-14-19)34(32,33)23-12-5-4-11-22(23)25(26,27)28/h2-12,17,19H,13-16H2,1H3,(H,29,31). The lowest BCUT2D eigenvalue weighted by Gasteiger charge is -2.32. The zero-order valence-corrected chi connectivity index (χ0v) is 19.4. The SMILES string of the molecule is CC(NC(=O)C1CCN(S(=O)(=O)c2ccccc2C(F)(F)F)CC1)c1cccc2ccccc12. The number of amides is 1. The number of piperidine rings is 1. The fraction of sp³-hybridized carbons (Fsp3) is 0.320. The van der Waals surface area contributed by atoms with Crippen molar-refractivity contribution in [3.8, 4) is 0 Å². The first-order chi connectivity index (χ1) is 16.1. The second kappa shape index (κ2) is 9.38. The largest absolute Gasteiger partial charge is 0.417 e. The highest BCUT2D eigenvalue weighted by atomic mass is 32.2. The molecular weight excluding hydrogens is 465 g/mol. The first-order valence-electron chi connectivity index (χ1n) is 11.0. The van der Waals surface area contributed by atoms with Gasteiger partial charge in [0, 0.05) is 19.0 Å². The van der Waals surface area contributed by atoms with E-state index in [-0.39, 0.29) is 37.9 Å². The summed E-state index contributed by atoms with van der Waals surface area (Å²) in [6, 6.07) is 17.7. The fourth-order valence-corrected chi connectivity index (χ4v) is 6.14. The average molecular weight is 491 g/mol. The van der Waals surface area contributed by atoms with Crippen molar-refractivity contribution in [2.24, 2.45) is 5.92 Å². The Balaban J connectivity index is 1.43. The van der Waals surface area contributed by atoms with E-state index in [0.29, 0.717) is 0 Å². The predicted octanol–water partition coefficient (Wildman–Crippen LogP) is 5.14. The first kappa shape index (κ1) is 24.2. The third-order valence-corrected chi connectivity index (χ3v) is 8.24. The quantitative estimate of drug-likeness (QED) is 0.539. The number of fused-ring (bicyclic) bond motifs is 1. The van der Waals surface area contributed by atoms with Gasteiger partial charge in [-0.3, -0.25) is 4.79 Å². The second-order valence-corrected chi connectivity index (χ2v) is 10.4. The van der Waals surface area contributed by atoms with Crippen molar-refractivity contribution in [3.05, 3.63) is 77.9 Å². The van der Waals surface area contributed by atoms with Crippen LogP contribution in [0.4, 0.5) is 13.2 Å². The van der Waals surface area contributed by atoms with Gasteiger partial charge in [-0.25, -0.2) is 8.42 Å². The predicted molar refractivity (Wildman–Crippen MR) is 123 cm³/mol. The minimum Gasteiger partial charge on any atom is -0.349 e. The number of hydrogen-bond acceptors (Lipinski definition) is 3. The summed E-state index contributed by atoms with van der Waals surface area (Å²) in [7, 11) is -4.33. The van der Waals surface area contributed by atoms with Crippen molar-refractivity contribution in [3.63, 3.8) is 0 Å². The Labute approximate surface area is 196 Å². The molecule has 180 valence electrons. The molecule has 34 heavy (non-hydrogen) atoms. The third kappa shape index (κ3) is 4.81. The van der Waals surface area contributed by atoms with Gasteiger partial charge >= 0.3 is 6.18 Å². The van der Waals surface area contributed by atoms with Crippen LogP contribution in [0.3, 0.4) is 0 Å².